The molecule has 178 valence electrons. The number of carbonyl (C=O) groups excluding carboxylic acids is 3. The van der Waals surface area contributed by atoms with Crippen LogP contribution in [-0.4, -0.2) is 30.3 Å². The van der Waals surface area contributed by atoms with Gasteiger partial charge in [-0.3, -0.25) is 14.4 Å². The Kier molecular flexibility index (Phi) is 5.76. The Labute approximate surface area is 204 Å². The molecule has 35 heavy (non-hydrogen) atoms. The quantitative estimate of drug-likeness (QED) is 0.573. The van der Waals surface area contributed by atoms with Crippen molar-refractivity contribution in [3.63, 3.8) is 0 Å². The summed E-state index contributed by atoms with van der Waals surface area (Å²) in [6.07, 6.45) is 0.152. The van der Waals surface area contributed by atoms with Crippen molar-refractivity contribution in [2.45, 2.75) is 33.2 Å². The number of anilines is 3. The van der Waals surface area contributed by atoms with E-state index >= 15 is 0 Å². The van der Waals surface area contributed by atoms with Crippen LogP contribution in [0.5, 0.6) is 11.5 Å². The molecule has 3 aromatic rings. The highest BCUT2D eigenvalue weighted by Gasteiger charge is 2.36. The van der Waals surface area contributed by atoms with Gasteiger partial charge in [0.15, 0.2) is 5.75 Å². The molecule has 0 aromatic heterocycles. The molecule has 0 spiro atoms. The summed E-state index contributed by atoms with van der Waals surface area (Å²) in [5.41, 5.74) is 3.53. The molecule has 3 aromatic carbocycles. The second-order valence-electron chi connectivity index (χ2n) is 9.28. The van der Waals surface area contributed by atoms with Gasteiger partial charge in [-0.05, 0) is 63.2 Å². The van der Waals surface area contributed by atoms with E-state index in [1.54, 1.807) is 40.1 Å². The Bertz CT molecular complexity index is 1320. The van der Waals surface area contributed by atoms with Gasteiger partial charge in [0, 0.05) is 30.4 Å². The number of para-hydroxylation sites is 1. The number of aryl methyl sites for hydroxylation is 1. The Morgan fingerprint density at radius 2 is 1.74 bits per heavy atom. The number of nitrogens with one attached hydrogen (secondary N) is 1. The van der Waals surface area contributed by atoms with Crippen LogP contribution in [0, 0.1) is 12.8 Å². The molecule has 7 nitrogen and oxygen atoms in total. The van der Waals surface area contributed by atoms with Crippen molar-refractivity contribution in [3.05, 3.63) is 77.9 Å². The van der Waals surface area contributed by atoms with E-state index < -0.39 is 5.92 Å². The minimum Gasteiger partial charge on any atom is -0.454 e. The minimum absolute atomic E-state index is 0.0707. The zero-order valence-electron chi connectivity index (χ0n) is 19.9. The monoisotopic (exact) mass is 469 g/mol. The topological polar surface area (TPSA) is 79.0 Å². The maximum atomic E-state index is 13.3. The van der Waals surface area contributed by atoms with Crippen LogP contribution in [0.2, 0.25) is 0 Å². The molecule has 1 atom stereocenters. The zero-order chi connectivity index (χ0) is 24.7. The average molecular weight is 470 g/mol. The smallest absolute Gasteiger partial charge is 0.262 e. The van der Waals surface area contributed by atoms with Crippen molar-refractivity contribution in [2.75, 3.05) is 21.7 Å². The Hall–Kier alpha value is -4.13. The molecule has 2 aliphatic rings. The lowest BCUT2D eigenvalue weighted by Crippen LogP contribution is -2.36. The van der Waals surface area contributed by atoms with Gasteiger partial charge in [0.1, 0.15) is 5.75 Å². The van der Waals surface area contributed by atoms with E-state index in [0.29, 0.717) is 35.0 Å². The summed E-state index contributed by atoms with van der Waals surface area (Å²) < 4.78 is 6.07. The average Bonchev–Trinajstić information content (AvgIpc) is 3.17. The third-order valence-corrected chi connectivity index (χ3v) is 6.40. The number of hydrogen-bond acceptors (Lipinski definition) is 4. The standard InChI is InChI=1S/C28H27N3O4/c1-17(2)31-23-15-20(10-13-25(23)35-24-7-5-4-6-22(24)28(31)34)29-27(33)19-14-26(32)30(16-19)21-11-8-18(3)9-12-21/h4-13,15,17,19H,14,16H2,1-3H3,(H,29,33). The normalized spacial score (nSPS) is 17.1. The first kappa shape index (κ1) is 22.7. The fraction of sp³-hybridized carbons (Fsp3) is 0.250. The van der Waals surface area contributed by atoms with Crippen LogP contribution in [-0.2, 0) is 9.59 Å². The lowest BCUT2D eigenvalue weighted by Gasteiger charge is -2.26. The second-order valence-corrected chi connectivity index (χ2v) is 9.28. The van der Waals surface area contributed by atoms with Crippen molar-refractivity contribution in [2.24, 2.45) is 5.92 Å². The molecule has 7 heteroatoms. The summed E-state index contributed by atoms with van der Waals surface area (Å²) in [5.74, 6) is 0.113. The van der Waals surface area contributed by atoms with Crippen LogP contribution in [0.3, 0.4) is 0 Å². The molecule has 2 heterocycles. The van der Waals surface area contributed by atoms with Crippen LogP contribution in [0.25, 0.3) is 0 Å². The first-order chi connectivity index (χ1) is 16.8. The summed E-state index contributed by atoms with van der Waals surface area (Å²) in [7, 11) is 0. The first-order valence-corrected chi connectivity index (χ1v) is 11.7. The number of hydrogen-bond donors (Lipinski definition) is 1. The van der Waals surface area contributed by atoms with Crippen LogP contribution < -0.4 is 19.9 Å². The molecule has 0 aliphatic carbocycles. The third-order valence-electron chi connectivity index (χ3n) is 6.40. The first-order valence-electron chi connectivity index (χ1n) is 11.7. The fourth-order valence-electron chi connectivity index (χ4n) is 4.57. The highest BCUT2D eigenvalue weighted by Crippen LogP contribution is 2.41. The Morgan fingerprint density at radius 1 is 1.00 bits per heavy atom. The summed E-state index contributed by atoms with van der Waals surface area (Å²) >= 11 is 0. The number of carbonyl (C=O) groups is 3. The van der Waals surface area contributed by atoms with Crippen LogP contribution in [0.4, 0.5) is 17.1 Å². The SMILES string of the molecule is Cc1ccc(N2CC(C(=O)Nc3ccc4c(c3)N(C(C)C)C(=O)c3ccccc3O4)CC2=O)cc1. The van der Waals surface area contributed by atoms with E-state index in [9.17, 15) is 14.4 Å². The molecule has 1 unspecified atom stereocenters. The number of nitrogens with zero attached hydrogens (tertiary/aromatic N) is 2. The molecule has 0 saturated carbocycles. The highest BCUT2D eigenvalue weighted by molar-refractivity contribution is 6.10. The van der Waals surface area contributed by atoms with Gasteiger partial charge in [0.05, 0.1) is 17.2 Å². The van der Waals surface area contributed by atoms with E-state index in [1.165, 1.54) is 0 Å². The molecule has 0 radical (unpaired) electrons. The number of fused-ring (bicyclic) bond motifs is 2. The molecule has 1 saturated heterocycles. The largest absolute Gasteiger partial charge is 0.454 e. The van der Waals surface area contributed by atoms with Crippen molar-refractivity contribution in [3.8, 4) is 11.5 Å². The van der Waals surface area contributed by atoms with E-state index in [1.807, 2.05) is 57.2 Å². The van der Waals surface area contributed by atoms with Crippen molar-refractivity contribution >= 4 is 34.8 Å². The van der Waals surface area contributed by atoms with E-state index in [2.05, 4.69) is 5.32 Å². The van der Waals surface area contributed by atoms with E-state index in [4.69, 9.17) is 4.74 Å². The summed E-state index contributed by atoms with van der Waals surface area (Å²) in [4.78, 5) is 42.3. The lowest BCUT2D eigenvalue weighted by molar-refractivity contribution is -0.122. The molecule has 3 amide bonds. The van der Waals surface area contributed by atoms with Crippen molar-refractivity contribution in [1.29, 1.82) is 0 Å². The van der Waals surface area contributed by atoms with Crippen molar-refractivity contribution in [1.82, 2.24) is 0 Å². The lowest BCUT2D eigenvalue weighted by atomic mass is 10.1. The maximum absolute atomic E-state index is 13.3. The van der Waals surface area contributed by atoms with Gasteiger partial charge >= 0.3 is 0 Å². The second kappa shape index (κ2) is 8.91. The summed E-state index contributed by atoms with van der Waals surface area (Å²) in [6.45, 7) is 6.19. The number of benzene rings is 3. The van der Waals surface area contributed by atoms with Crippen molar-refractivity contribution < 1.29 is 19.1 Å². The molecular weight excluding hydrogens is 442 g/mol. The van der Waals surface area contributed by atoms with Gasteiger partial charge in [-0.2, -0.15) is 0 Å². The highest BCUT2D eigenvalue weighted by atomic mass is 16.5. The number of amides is 3. The van der Waals surface area contributed by atoms with Crippen LogP contribution >= 0.6 is 0 Å². The van der Waals surface area contributed by atoms with Gasteiger partial charge in [-0.1, -0.05) is 29.8 Å². The molecule has 5 rings (SSSR count). The maximum Gasteiger partial charge on any atom is 0.262 e. The molecule has 2 aliphatic heterocycles. The van der Waals surface area contributed by atoms with Gasteiger partial charge in [-0.15, -0.1) is 0 Å². The Balaban J connectivity index is 1.38. The van der Waals surface area contributed by atoms with Gasteiger partial charge < -0.3 is 19.9 Å². The molecular formula is C28H27N3O4. The number of ether oxygens (including phenoxy) is 1. The third kappa shape index (κ3) is 4.25. The van der Waals surface area contributed by atoms with E-state index in [0.717, 1.165) is 11.3 Å². The predicted octanol–water partition coefficient (Wildman–Crippen LogP) is 5.15. The molecule has 1 fully saturated rings. The predicted molar refractivity (Wildman–Crippen MR) is 135 cm³/mol. The molecule has 1 N–H and O–H groups in total. The minimum atomic E-state index is -0.467. The van der Waals surface area contributed by atoms with E-state index in [-0.39, 0.29) is 30.2 Å². The fourth-order valence-corrected chi connectivity index (χ4v) is 4.57. The Morgan fingerprint density at radius 3 is 2.49 bits per heavy atom. The van der Waals surface area contributed by atoms with Crippen LogP contribution in [0.1, 0.15) is 36.2 Å². The van der Waals surface area contributed by atoms with Gasteiger partial charge in [0.25, 0.3) is 5.91 Å². The number of rotatable bonds is 4. The molecule has 0 bridgehead atoms. The van der Waals surface area contributed by atoms with Gasteiger partial charge in [0.2, 0.25) is 11.8 Å². The summed E-state index contributed by atoms with van der Waals surface area (Å²) in [5, 5.41) is 2.94. The zero-order valence-corrected chi connectivity index (χ0v) is 19.9. The van der Waals surface area contributed by atoms with Crippen LogP contribution in [0.15, 0.2) is 66.7 Å². The summed E-state index contributed by atoms with van der Waals surface area (Å²) in [6, 6.07) is 20.0. The van der Waals surface area contributed by atoms with Gasteiger partial charge in [-0.25, -0.2) is 0 Å².